The van der Waals surface area contributed by atoms with Crippen molar-refractivity contribution in [3.05, 3.63) is 17.0 Å². The Kier molecular flexibility index (Phi) is 3.88. The molecule has 4 heteroatoms. The summed E-state index contributed by atoms with van der Waals surface area (Å²) in [5.41, 5.74) is 1.21. The van der Waals surface area contributed by atoms with Crippen LogP contribution in [0.5, 0.6) is 0 Å². The molecular formula is C11H18N2O2. The van der Waals surface area contributed by atoms with Gasteiger partial charge in [-0.2, -0.15) is 0 Å². The molecule has 0 aliphatic heterocycles. The molecule has 1 amide bonds. The van der Waals surface area contributed by atoms with Crippen LogP contribution in [0.3, 0.4) is 0 Å². The molecule has 15 heavy (non-hydrogen) atoms. The van der Waals surface area contributed by atoms with Gasteiger partial charge in [0, 0.05) is 6.04 Å². The molecule has 0 aliphatic rings. The highest BCUT2D eigenvalue weighted by atomic mass is 16.5. The first kappa shape index (κ1) is 11.8. The number of nitrogens with one attached hydrogen (secondary N) is 1. The molecule has 84 valence electrons. The zero-order chi connectivity index (χ0) is 11.4. The molecule has 1 rings (SSSR count). The highest BCUT2D eigenvalue weighted by Crippen LogP contribution is 2.12. The van der Waals surface area contributed by atoms with E-state index in [9.17, 15) is 4.79 Å². The summed E-state index contributed by atoms with van der Waals surface area (Å²) in [5, 5.41) is 6.68. The average molecular weight is 210 g/mol. The van der Waals surface area contributed by atoms with Gasteiger partial charge in [-0.3, -0.25) is 4.79 Å². The van der Waals surface area contributed by atoms with Gasteiger partial charge in [-0.15, -0.1) is 0 Å². The second-order valence-electron chi connectivity index (χ2n) is 3.86. The Morgan fingerprint density at radius 1 is 1.53 bits per heavy atom. The van der Waals surface area contributed by atoms with Crippen molar-refractivity contribution in [2.75, 3.05) is 0 Å². The Labute approximate surface area is 90.0 Å². The second-order valence-corrected chi connectivity index (χ2v) is 3.86. The lowest BCUT2D eigenvalue weighted by atomic mass is 10.1. The van der Waals surface area contributed by atoms with Crippen molar-refractivity contribution < 1.29 is 9.32 Å². The fourth-order valence-electron chi connectivity index (χ4n) is 1.61. The third-order valence-electron chi connectivity index (χ3n) is 2.36. The third kappa shape index (κ3) is 2.81. The van der Waals surface area contributed by atoms with Crippen molar-refractivity contribution in [3.63, 3.8) is 0 Å². The van der Waals surface area contributed by atoms with Gasteiger partial charge in [-0.1, -0.05) is 18.5 Å². The summed E-state index contributed by atoms with van der Waals surface area (Å²) < 4.78 is 4.95. The lowest BCUT2D eigenvalue weighted by Gasteiger charge is -2.12. The van der Waals surface area contributed by atoms with Crippen LogP contribution >= 0.6 is 0 Å². The molecule has 4 nitrogen and oxygen atoms in total. The maximum absolute atomic E-state index is 11.8. The van der Waals surface area contributed by atoms with Crippen molar-refractivity contribution in [1.82, 2.24) is 10.5 Å². The van der Waals surface area contributed by atoms with Gasteiger partial charge in [0.05, 0.1) is 5.69 Å². The van der Waals surface area contributed by atoms with Crippen LogP contribution in [-0.4, -0.2) is 17.1 Å². The van der Waals surface area contributed by atoms with Crippen LogP contribution in [0.2, 0.25) is 0 Å². The van der Waals surface area contributed by atoms with Crippen LogP contribution in [-0.2, 0) is 0 Å². The lowest BCUT2D eigenvalue weighted by molar-refractivity contribution is 0.0936. The Morgan fingerprint density at radius 3 is 2.67 bits per heavy atom. The average Bonchev–Trinajstić information content (AvgIpc) is 2.46. The van der Waals surface area contributed by atoms with E-state index >= 15 is 0 Å². The Balaban J connectivity index is 2.69. The number of aromatic nitrogens is 1. The maximum Gasteiger partial charge on any atom is 0.256 e. The van der Waals surface area contributed by atoms with Gasteiger partial charge >= 0.3 is 0 Å². The molecule has 1 atom stereocenters. The van der Waals surface area contributed by atoms with E-state index in [4.69, 9.17) is 4.52 Å². The van der Waals surface area contributed by atoms with E-state index in [0.717, 1.165) is 12.8 Å². The summed E-state index contributed by atoms with van der Waals surface area (Å²) in [6.07, 6.45) is 2.04. The molecule has 0 aliphatic carbocycles. The van der Waals surface area contributed by atoms with E-state index in [-0.39, 0.29) is 11.9 Å². The van der Waals surface area contributed by atoms with Crippen LogP contribution in [0.1, 0.15) is 48.5 Å². The predicted octanol–water partition coefficient (Wildman–Crippen LogP) is 2.21. The highest BCUT2D eigenvalue weighted by molar-refractivity contribution is 5.96. The standard InChI is InChI=1S/C11H18N2O2/c1-5-6-7(2)12-11(14)10-8(3)13-15-9(10)4/h7H,5-6H2,1-4H3,(H,12,14)/t7-/m0/s1. The fraction of sp³-hybridized carbons (Fsp3) is 0.636. The number of carbonyl (C=O) groups is 1. The zero-order valence-electron chi connectivity index (χ0n) is 9.76. The molecule has 0 saturated carbocycles. The van der Waals surface area contributed by atoms with Crippen LogP contribution in [0.4, 0.5) is 0 Å². The van der Waals surface area contributed by atoms with Crippen molar-refractivity contribution in [3.8, 4) is 0 Å². The van der Waals surface area contributed by atoms with Gasteiger partial charge in [-0.05, 0) is 27.2 Å². The molecule has 1 aromatic rings. The van der Waals surface area contributed by atoms with Crippen molar-refractivity contribution in [2.24, 2.45) is 0 Å². The van der Waals surface area contributed by atoms with Crippen LogP contribution < -0.4 is 5.32 Å². The van der Waals surface area contributed by atoms with E-state index in [1.807, 2.05) is 6.92 Å². The van der Waals surface area contributed by atoms with E-state index in [1.54, 1.807) is 13.8 Å². The predicted molar refractivity (Wildman–Crippen MR) is 57.8 cm³/mol. The number of rotatable bonds is 4. The van der Waals surface area contributed by atoms with Gasteiger partial charge in [-0.25, -0.2) is 0 Å². The third-order valence-corrected chi connectivity index (χ3v) is 2.36. The first-order chi connectivity index (χ1) is 7.06. The molecule has 1 N–H and O–H groups in total. The SMILES string of the molecule is CCC[C@H](C)NC(=O)c1c(C)noc1C. The molecule has 0 radical (unpaired) electrons. The molecule has 0 saturated heterocycles. The first-order valence-electron chi connectivity index (χ1n) is 5.30. The molecule has 0 fully saturated rings. The van der Waals surface area contributed by atoms with E-state index in [2.05, 4.69) is 17.4 Å². The summed E-state index contributed by atoms with van der Waals surface area (Å²) >= 11 is 0. The Bertz CT molecular complexity index is 325. The van der Waals surface area contributed by atoms with Gasteiger partial charge in [0.25, 0.3) is 5.91 Å². The molecule has 1 aromatic heterocycles. The Morgan fingerprint density at radius 2 is 2.20 bits per heavy atom. The number of carbonyl (C=O) groups excluding carboxylic acids is 1. The molecule has 0 spiro atoms. The second kappa shape index (κ2) is 4.96. The van der Waals surface area contributed by atoms with Crippen LogP contribution in [0.15, 0.2) is 4.52 Å². The summed E-state index contributed by atoms with van der Waals surface area (Å²) in [6, 6.07) is 0.191. The fourth-order valence-corrected chi connectivity index (χ4v) is 1.61. The molecule has 0 bridgehead atoms. The topological polar surface area (TPSA) is 55.1 Å². The van der Waals surface area contributed by atoms with Gasteiger partial charge in [0.2, 0.25) is 0 Å². The van der Waals surface area contributed by atoms with E-state index in [1.165, 1.54) is 0 Å². The largest absolute Gasteiger partial charge is 0.361 e. The van der Waals surface area contributed by atoms with Gasteiger partial charge < -0.3 is 9.84 Å². The van der Waals surface area contributed by atoms with E-state index in [0.29, 0.717) is 17.0 Å². The van der Waals surface area contributed by atoms with Gasteiger partial charge in [0.15, 0.2) is 0 Å². The number of hydrogen-bond donors (Lipinski definition) is 1. The quantitative estimate of drug-likeness (QED) is 0.829. The summed E-state index contributed by atoms with van der Waals surface area (Å²) in [4.78, 5) is 11.8. The maximum atomic E-state index is 11.8. The molecule has 1 heterocycles. The van der Waals surface area contributed by atoms with Crippen LogP contribution in [0, 0.1) is 13.8 Å². The van der Waals surface area contributed by atoms with E-state index < -0.39 is 0 Å². The van der Waals surface area contributed by atoms with Crippen molar-refractivity contribution in [2.45, 2.75) is 46.6 Å². The molecule has 0 aromatic carbocycles. The number of aryl methyl sites for hydroxylation is 2. The Hall–Kier alpha value is -1.32. The first-order valence-corrected chi connectivity index (χ1v) is 5.30. The minimum atomic E-state index is -0.0906. The number of nitrogens with zero attached hydrogens (tertiary/aromatic N) is 1. The van der Waals surface area contributed by atoms with Crippen molar-refractivity contribution in [1.29, 1.82) is 0 Å². The summed E-state index contributed by atoms with van der Waals surface area (Å²) in [6.45, 7) is 7.62. The minimum Gasteiger partial charge on any atom is -0.361 e. The van der Waals surface area contributed by atoms with Crippen LogP contribution in [0.25, 0.3) is 0 Å². The monoisotopic (exact) mass is 210 g/mol. The molecular weight excluding hydrogens is 192 g/mol. The van der Waals surface area contributed by atoms with Crippen molar-refractivity contribution >= 4 is 5.91 Å². The normalized spacial score (nSPS) is 12.5. The highest BCUT2D eigenvalue weighted by Gasteiger charge is 2.18. The minimum absolute atomic E-state index is 0.0906. The van der Waals surface area contributed by atoms with Gasteiger partial charge in [0.1, 0.15) is 11.3 Å². The summed E-state index contributed by atoms with van der Waals surface area (Å²) in [7, 11) is 0. The lowest BCUT2D eigenvalue weighted by Crippen LogP contribution is -2.32. The number of amides is 1. The zero-order valence-corrected chi connectivity index (χ0v) is 9.76. The summed E-state index contributed by atoms with van der Waals surface area (Å²) in [5.74, 6) is 0.487. The smallest absolute Gasteiger partial charge is 0.256 e. The molecule has 0 unspecified atom stereocenters. The number of hydrogen-bond acceptors (Lipinski definition) is 3.